The summed E-state index contributed by atoms with van der Waals surface area (Å²) >= 11 is 1.78. The van der Waals surface area contributed by atoms with E-state index in [1.807, 2.05) is 0 Å². The van der Waals surface area contributed by atoms with Crippen LogP contribution < -0.4 is 4.72 Å². The van der Waals surface area contributed by atoms with Crippen LogP contribution in [0, 0.1) is 0 Å². The van der Waals surface area contributed by atoms with Crippen molar-refractivity contribution in [3.63, 3.8) is 0 Å². The highest BCUT2D eigenvalue weighted by Crippen LogP contribution is 2.30. The first-order chi connectivity index (χ1) is 8.58. The van der Waals surface area contributed by atoms with Gasteiger partial charge in [0.05, 0.1) is 5.60 Å². The molecule has 0 aromatic carbocycles. The fourth-order valence-electron chi connectivity index (χ4n) is 1.78. The predicted molar refractivity (Wildman–Crippen MR) is 71.1 cm³/mol. The summed E-state index contributed by atoms with van der Waals surface area (Å²) in [5, 5.41) is 0. The van der Waals surface area contributed by atoms with Crippen molar-refractivity contribution in [1.82, 2.24) is 9.71 Å². The number of ether oxygens (including phenoxy) is 1. The molecular weight excluding hydrogens is 272 g/mol. The summed E-state index contributed by atoms with van der Waals surface area (Å²) in [6, 6.07) is 3.13. The molecule has 0 saturated carbocycles. The van der Waals surface area contributed by atoms with Crippen molar-refractivity contribution in [2.24, 2.45) is 0 Å². The maximum Gasteiger partial charge on any atom is 0.242 e. The molecule has 1 aliphatic rings. The number of nitrogens with zero attached hydrogens (tertiary/aromatic N) is 1. The first-order valence-corrected chi connectivity index (χ1v) is 8.24. The minimum absolute atomic E-state index is 0.182. The fraction of sp³-hybridized carbons (Fsp3) is 0.545. The Morgan fingerprint density at radius 2 is 2.44 bits per heavy atom. The molecule has 1 saturated heterocycles. The molecule has 1 aliphatic heterocycles. The van der Waals surface area contributed by atoms with Gasteiger partial charge in [-0.2, -0.15) is 11.8 Å². The van der Waals surface area contributed by atoms with Gasteiger partial charge in [-0.15, -0.1) is 0 Å². The van der Waals surface area contributed by atoms with Crippen molar-refractivity contribution in [2.75, 3.05) is 25.2 Å². The molecule has 18 heavy (non-hydrogen) atoms. The summed E-state index contributed by atoms with van der Waals surface area (Å²) in [5.41, 5.74) is -0.375. The van der Waals surface area contributed by atoms with E-state index in [1.54, 1.807) is 31.1 Å². The van der Waals surface area contributed by atoms with E-state index < -0.39 is 10.0 Å². The van der Waals surface area contributed by atoms with Crippen LogP contribution >= 0.6 is 11.8 Å². The molecule has 0 bridgehead atoms. The smallest absolute Gasteiger partial charge is 0.242 e. The Morgan fingerprint density at radius 3 is 3.00 bits per heavy atom. The molecule has 0 spiro atoms. The first kappa shape index (κ1) is 13.8. The Labute approximate surface area is 111 Å². The lowest BCUT2D eigenvalue weighted by molar-refractivity contribution is 0.0179. The molecule has 1 aromatic heterocycles. The van der Waals surface area contributed by atoms with E-state index >= 15 is 0 Å². The number of thioether (sulfide) groups is 1. The van der Waals surface area contributed by atoms with E-state index in [0.29, 0.717) is 6.54 Å². The SMILES string of the molecule is CO[C@]1(CNS(=O)(=O)c2cccnc2)CCSC1. The summed E-state index contributed by atoms with van der Waals surface area (Å²) in [6.07, 6.45) is 3.75. The maximum atomic E-state index is 12.0. The molecule has 2 rings (SSSR count). The van der Waals surface area contributed by atoms with Gasteiger partial charge in [-0.3, -0.25) is 4.98 Å². The molecule has 0 unspecified atom stereocenters. The molecule has 0 amide bonds. The Kier molecular flexibility index (Phi) is 4.26. The number of aromatic nitrogens is 1. The molecule has 1 aromatic rings. The summed E-state index contributed by atoms with van der Waals surface area (Å²) in [4.78, 5) is 4.00. The zero-order chi connectivity index (χ0) is 13.1. The third-order valence-corrected chi connectivity index (χ3v) is 5.64. The molecule has 2 heterocycles. The van der Waals surface area contributed by atoms with Crippen LogP contribution in [0.1, 0.15) is 6.42 Å². The Morgan fingerprint density at radius 1 is 1.61 bits per heavy atom. The van der Waals surface area contributed by atoms with E-state index in [2.05, 4.69) is 9.71 Å². The predicted octanol–water partition coefficient (Wildman–Crippen LogP) is 0.882. The molecule has 5 nitrogen and oxygen atoms in total. The van der Waals surface area contributed by atoms with E-state index in [9.17, 15) is 8.42 Å². The van der Waals surface area contributed by atoms with Gasteiger partial charge in [0.1, 0.15) is 4.90 Å². The number of sulfonamides is 1. The van der Waals surface area contributed by atoms with Crippen molar-refractivity contribution in [3.05, 3.63) is 24.5 Å². The van der Waals surface area contributed by atoms with Gasteiger partial charge < -0.3 is 4.74 Å². The number of methoxy groups -OCH3 is 1. The molecule has 1 N–H and O–H groups in total. The summed E-state index contributed by atoms with van der Waals surface area (Å²) in [6.45, 7) is 0.299. The molecule has 0 aliphatic carbocycles. The fourth-order valence-corrected chi connectivity index (χ4v) is 4.25. The standard InChI is InChI=1S/C11H16N2O3S2/c1-16-11(4-6-17-9-11)8-13-18(14,15)10-3-2-5-12-7-10/h2-3,5,7,13H,4,6,8-9H2,1H3/t11-/m0/s1. The van der Waals surface area contributed by atoms with Crippen LogP contribution in [0.15, 0.2) is 29.4 Å². The van der Waals surface area contributed by atoms with Crippen LogP contribution in [-0.2, 0) is 14.8 Å². The Bertz CT molecular complexity index is 484. The lowest BCUT2D eigenvalue weighted by atomic mass is 10.0. The zero-order valence-corrected chi connectivity index (χ0v) is 11.8. The number of hydrogen-bond acceptors (Lipinski definition) is 5. The van der Waals surface area contributed by atoms with Crippen molar-refractivity contribution in [2.45, 2.75) is 16.9 Å². The number of rotatable bonds is 5. The van der Waals surface area contributed by atoms with Gasteiger partial charge in [-0.05, 0) is 24.3 Å². The van der Waals surface area contributed by atoms with Crippen LogP contribution in [0.4, 0.5) is 0 Å². The van der Waals surface area contributed by atoms with Crippen molar-refractivity contribution >= 4 is 21.8 Å². The van der Waals surface area contributed by atoms with Crippen molar-refractivity contribution in [3.8, 4) is 0 Å². The monoisotopic (exact) mass is 288 g/mol. The van der Waals surface area contributed by atoms with Crippen molar-refractivity contribution < 1.29 is 13.2 Å². The van der Waals surface area contributed by atoms with E-state index in [1.165, 1.54) is 12.3 Å². The summed E-state index contributed by atoms with van der Waals surface area (Å²) in [7, 11) is -1.87. The average molecular weight is 288 g/mol. The van der Waals surface area contributed by atoms with Crippen LogP contribution in [0.25, 0.3) is 0 Å². The van der Waals surface area contributed by atoms with Gasteiger partial charge in [0.15, 0.2) is 0 Å². The van der Waals surface area contributed by atoms with Gasteiger partial charge in [-0.25, -0.2) is 13.1 Å². The van der Waals surface area contributed by atoms with Gasteiger partial charge >= 0.3 is 0 Å². The third kappa shape index (κ3) is 3.03. The Balaban J connectivity index is 2.06. The van der Waals surface area contributed by atoms with Crippen LogP contribution in [-0.4, -0.2) is 44.2 Å². The lowest BCUT2D eigenvalue weighted by Gasteiger charge is -2.26. The second-order valence-corrected chi connectivity index (χ2v) is 7.08. The molecule has 0 radical (unpaired) electrons. The van der Waals surface area contributed by atoms with Crippen LogP contribution in [0.5, 0.6) is 0 Å². The largest absolute Gasteiger partial charge is 0.376 e. The highest BCUT2D eigenvalue weighted by atomic mass is 32.2. The average Bonchev–Trinajstić information content (AvgIpc) is 2.87. The lowest BCUT2D eigenvalue weighted by Crippen LogP contribution is -2.44. The van der Waals surface area contributed by atoms with Crippen LogP contribution in [0.2, 0.25) is 0 Å². The van der Waals surface area contributed by atoms with Gasteiger partial charge in [0.2, 0.25) is 10.0 Å². The molecular formula is C11H16N2O3S2. The number of pyridine rings is 1. The second-order valence-electron chi connectivity index (χ2n) is 4.20. The zero-order valence-electron chi connectivity index (χ0n) is 10.1. The van der Waals surface area contributed by atoms with E-state index in [0.717, 1.165) is 17.9 Å². The number of hydrogen-bond donors (Lipinski definition) is 1. The van der Waals surface area contributed by atoms with E-state index in [4.69, 9.17) is 4.74 Å². The molecule has 1 atom stereocenters. The van der Waals surface area contributed by atoms with E-state index in [-0.39, 0.29) is 10.5 Å². The Hall–Kier alpha value is -0.630. The maximum absolute atomic E-state index is 12.0. The minimum atomic E-state index is -3.50. The van der Waals surface area contributed by atoms with Gasteiger partial charge in [-0.1, -0.05) is 0 Å². The molecule has 1 fully saturated rings. The highest BCUT2D eigenvalue weighted by Gasteiger charge is 2.35. The summed E-state index contributed by atoms with van der Waals surface area (Å²) in [5.74, 6) is 1.82. The minimum Gasteiger partial charge on any atom is -0.376 e. The highest BCUT2D eigenvalue weighted by molar-refractivity contribution is 7.99. The van der Waals surface area contributed by atoms with Crippen molar-refractivity contribution in [1.29, 1.82) is 0 Å². The molecule has 100 valence electrons. The van der Waals surface area contributed by atoms with Crippen LogP contribution in [0.3, 0.4) is 0 Å². The molecule has 7 heteroatoms. The van der Waals surface area contributed by atoms with Gasteiger partial charge in [0, 0.05) is 31.8 Å². The van der Waals surface area contributed by atoms with Gasteiger partial charge in [0.25, 0.3) is 0 Å². The summed E-state index contributed by atoms with van der Waals surface area (Å²) < 4.78 is 32.1. The second kappa shape index (κ2) is 5.56. The number of nitrogens with one attached hydrogen (secondary N) is 1. The third-order valence-electron chi connectivity index (χ3n) is 3.03. The quantitative estimate of drug-likeness (QED) is 0.871. The topological polar surface area (TPSA) is 68.3 Å². The first-order valence-electron chi connectivity index (χ1n) is 5.61. The normalized spacial score (nSPS) is 24.3.